The number of sulfone groups is 1. The molecule has 1 aliphatic heterocycles. The van der Waals surface area contributed by atoms with Gasteiger partial charge in [-0.25, -0.2) is 13.2 Å². The Balaban J connectivity index is 1.74. The van der Waals surface area contributed by atoms with Crippen LogP contribution >= 0.6 is 11.6 Å². The quantitative estimate of drug-likeness (QED) is 0.400. The minimum absolute atomic E-state index is 0.00248. The van der Waals surface area contributed by atoms with Crippen molar-refractivity contribution < 1.29 is 31.1 Å². The summed E-state index contributed by atoms with van der Waals surface area (Å²) in [5.41, 5.74) is -1.87. The highest BCUT2D eigenvalue weighted by molar-refractivity contribution is 7.91. The third kappa shape index (κ3) is 6.95. The average Bonchev–Trinajstić information content (AvgIpc) is 2.77. The summed E-state index contributed by atoms with van der Waals surface area (Å²) in [6.07, 6.45) is -4.14. The zero-order chi connectivity index (χ0) is 26.9. The van der Waals surface area contributed by atoms with E-state index >= 15 is 0 Å². The van der Waals surface area contributed by atoms with Crippen molar-refractivity contribution in [2.24, 2.45) is 10.3 Å². The zero-order valence-corrected chi connectivity index (χ0v) is 22.3. The predicted molar refractivity (Wildman–Crippen MR) is 134 cm³/mol. The molecule has 1 fully saturated rings. The Morgan fingerprint density at radius 2 is 1.72 bits per heavy atom. The number of alkyl halides is 3. The number of hydrogen-bond acceptors (Lipinski definition) is 6. The number of rotatable bonds is 5. The van der Waals surface area contributed by atoms with Crippen LogP contribution in [-0.4, -0.2) is 43.9 Å². The normalized spacial score (nSPS) is 15.6. The molecule has 0 atom stereocenters. The maximum absolute atomic E-state index is 13.7. The molecular weight excluding hydrogens is 537 g/mol. The van der Waals surface area contributed by atoms with E-state index in [0.29, 0.717) is 25.9 Å². The van der Waals surface area contributed by atoms with Gasteiger partial charge in [-0.15, -0.1) is 0 Å². The Hall–Kier alpha value is -2.24. The van der Waals surface area contributed by atoms with Crippen LogP contribution in [0.5, 0.6) is 0 Å². The number of hydrogen-bond donors (Lipinski definition) is 0. The molecule has 0 aliphatic carbocycles. The number of piperidine rings is 1. The highest BCUT2D eigenvalue weighted by atomic mass is 35.5. The summed E-state index contributed by atoms with van der Waals surface area (Å²) in [4.78, 5) is 13.8. The molecule has 3 rings (SSSR count). The minimum atomic E-state index is -4.71. The Morgan fingerprint density at radius 3 is 2.22 bits per heavy atom. The fourth-order valence-corrected chi connectivity index (χ4v) is 6.13. The van der Waals surface area contributed by atoms with Crippen molar-refractivity contribution in [3.8, 4) is 11.1 Å². The molecule has 0 spiro atoms. The van der Waals surface area contributed by atoms with Gasteiger partial charge in [-0.1, -0.05) is 23.7 Å². The van der Waals surface area contributed by atoms with E-state index in [4.69, 9.17) is 16.3 Å². The van der Waals surface area contributed by atoms with Crippen molar-refractivity contribution in [2.45, 2.75) is 50.3 Å². The van der Waals surface area contributed by atoms with Gasteiger partial charge in [0.15, 0.2) is 9.84 Å². The van der Waals surface area contributed by atoms with E-state index in [2.05, 4.69) is 16.8 Å². The van der Waals surface area contributed by atoms with Gasteiger partial charge in [-0.2, -0.15) is 17.5 Å². The van der Waals surface area contributed by atoms with Crippen molar-refractivity contribution in [3.05, 3.63) is 47.0 Å². The monoisotopic (exact) mass is 562 g/mol. The summed E-state index contributed by atoms with van der Waals surface area (Å²) in [5.74, 6) is -0.285. The largest absolute Gasteiger partial charge is 0.444 e. The molecule has 1 aliphatic rings. The van der Waals surface area contributed by atoms with Gasteiger partial charge in [-0.3, -0.25) is 0 Å². The van der Waals surface area contributed by atoms with Crippen LogP contribution in [0.3, 0.4) is 0 Å². The number of carbonyl (C=O) groups excluding carboxylic acids is 1. The van der Waals surface area contributed by atoms with Crippen LogP contribution in [0.2, 0.25) is 5.02 Å². The fourth-order valence-electron chi connectivity index (χ4n) is 4.01. The second-order valence-electron chi connectivity index (χ2n) is 9.66. The van der Waals surface area contributed by atoms with Gasteiger partial charge >= 0.3 is 12.3 Å². The molecule has 0 N–H and O–H groups in total. The maximum atomic E-state index is 13.7. The summed E-state index contributed by atoms with van der Waals surface area (Å²) in [6, 6.07) is 7.21. The molecular formula is C24H26ClF3N2O4S2. The smallest absolute Gasteiger partial charge is 0.417 e. The third-order valence-electron chi connectivity index (χ3n) is 5.71. The Bertz CT molecular complexity index is 1240. The van der Waals surface area contributed by atoms with Crippen molar-refractivity contribution in [3.63, 3.8) is 0 Å². The molecule has 12 heteroatoms. The lowest BCUT2D eigenvalue weighted by molar-refractivity contribution is -0.137. The van der Waals surface area contributed by atoms with Gasteiger partial charge in [0.1, 0.15) is 5.60 Å². The van der Waals surface area contributed by atoms with E-state index in [0.717, 1.165) is 6.07 Å². The molecule has 1 heterocycles. The predicted octanol–water partition coefficient (Wildman–Crippen LogP) is 6.81. The first-order valence-electron chi connectivity index (χ1n) is 11.2. The second-order valence-corrected chi connectivity index (χ2v) is 12.3. The third-order valence-corrected chi connectivity index (χ3v) is 8.12. The van der Waals surface area contributed by atoms with E-state index in [1.54, 1.807) is 25.7 Å². The molecule has 0 aromatic heterocycles. The van der Waals surface area contributed by atoms with Gasteiger partial charge in [0.25, 0.3) is 0 Å². The molecule has 1 amide bonds. The van der Waals surface area contributed by atoms with Crippen LogP contribution in [0, 0.1) is 5.92 Å². The number of amides is 1. The first-order valence-corrected chi connectivity index (χ1v) is 13.6. The molecule has 0 radical (unpaired) electrons. The number of carbonyl (C=O) groups is 1. The number of likely N-dealkylation sites (tertiary alicyclic amines) is 1. The van der Waals surface area contributed by atoms with Crippen LogP contribution in [0.1, 0.15) is 39.2 Å². The fraction of sp³-hybridized carbons (Fsp3) is 0.458. The molecule has 36 heavy (non-hydrogen) atoms. The summed E-state index contributed by atoms with van der Waals surface area (Å²) < 4.78 is 75.7. The first kappa shape index (κ1) is 28.3. The van der Waals surface area contributed by atoms with Crippen LogP contribution in [0.25, 0.3) is 11.1 Å². The molecule has 2 aromatic carbocycles. The Labute approximate surface area is 218 Å². The maximum Gasteiger partial charge on any atom is 0.417 e. The topological polar surface area (TPSA) is 76.0 Å². The summed E-state index contributed by atoms with van der Waals surface area (Å²) in [6.45, 7) is 6.11. The molecule has 0 bridgehead atoms. The lowest BCUT2D eigenvalue weighted by Crippen LogP contribution is -2.42. The van der Waals surface area contributed by atoms with Crippen LogP contribution in [-0.2, 0) is 33.2 Å². The van der Waals surface area contributed by atoms with E-state index in [1.165, 1.54) is 30.3 Å². The minimum Gasteiger partial charge on any atom is -0.444 e. The number of nitrogens with zero attached hydrogens (tertiary/aromatic N) is 2. The standard InChI is InChI=1S/C24H26ClF3N2O4S2/c1-23(2,3)34-22(31)30-10-8-15(9-11-30)14-36(32,33)18-6-4-16(5-7-18)21-19(24(26,27)28)12-17(29-35)13-20(21)25/h4-7,12-13,15H,8-11,14H2,1-3H3. The van der Waals surface area contributed by atoms with Crippen molar-refractivity contribution in [2.75, 3.05) is 18.8 Å². The van der Waals surface area contributed by atoms with E-state index < -0.39 is 33.3 Å². The summed E-state index contributed by atoms with van der Waals surface area (Å²) in [5, 5.41) is -0.194. The Kier molecular flexibility index (Phi) is 8.36. The lowest BCUT2D eigenvalue weighted by atomic mass is 9.98. The van der Waals surface area contributed by atoms with Crippen molar-refractivity contribution >= 4 is 45.6 Å². The highest BCUT2D eigenvalue weighted by Gasteiger charge is 2.36. The number of benzene rings is 2. The summed E-state index contributed by atoms with van der Waals surface area (Å²) >= 11 is 10.6. The second kappa shape index (κ2) is 10.6. The molecule has 2 aromatic rings. The van der Waals surface area contributed by atoms with Gasteiger partial charge < -0.3 is 9.64 Å². The van der Waals surface area contributed by atoms with Gasteiger partial charge in [0.05, 0.1) is 26.9 Å². The molecule has 1 saturated heterocycles. The Morgan fingerprint density at radius 1 is 1.14 bits per heavy atom. The van der Waals surface area contributed by atoms with Crippen LogP contribution < -0.4 is 0 Å². The van der Waals surface area contributed by atoms with Crippen molar-refractivity contribution in [1.29, 1.82) is 0 Å². The molecule has 6 nitrogen and oxygen atoms in total. The van der Waals surface area contributed by atoms with Crippen molar-refractivity contribution in [1.82, 2.24) is 4.90 Å². The molecule has 0 saturated carbocycles. The molecule has 0 unspecified atom stereocenters. The average molecular weight is 563 g/mol. The zero-order valence-electron chi connectivity index (χ0n) is 19.9. The lowest BCUT2D eigenvalue weighted by Gasteiger charge is -2.33. The number of ether oxygens (including phenoxy) is 1. The molecule has 196 valence electrons. The van der Waals surface area contributed by atoms with E-state index in [-0.39, 0.29) is 38.4 Å². The van der Waals surface area contributed by atoms with E-state index in [9.17, 15) is 26.4 Å². The van der Waals surface area contributed by atoms with Gasteiger partial charge in [0.2, 0.25) is 0 Å². The number of halogens is 4. The highest BCUT2D eigenvalue weighted by Crippen LogP contribution is 2.43. The SMILES string of the molecule is CC(C)(C)OC(=O)N1CCC(CS(=O)(=O)c2ccc(-c3c(Cl)cc(N=S)cc3C(F)(F)F)cc2)CC1. The van der Waals surface area contributed by atoms with Crippen LogP contribution in [0.15, 0.2) is 45.7 Å². The first-order chi connectivity index (χ1) is 16.6. The van der Waals surface area contributed by atoms with Gasteiger partial charge in [0, 0.05) is 31.1 Å². The summed E-state index contributed by atoms with van der Waals surface area (Å²) in [7, 11) is -3.70. The van der Waals surface area contributed by atoms with E-state index in [1.807, 2.05) is 0 Å². The van der Waals surface area contributed by atoms with Gasteiger partial charge in [-0.05, 0) is 69.4 Å². The van der Waals surface area contributed by atoms with Crippen LogP contribution in [0.4, 0.5) is 23.7 Å².